The van der Waals surface area contributed by atoms with Crippen LogP contribution in [-0.4, -0.2) is 60.8 Å². The Labute approximate surface area is 256 Å². The fourth-order valence-corrected chi connectivity index (χ4v) is 9.11. The minimum Gasteiger partial charge on any atom is -0.492 e. The first kappa shape index (κ1) is 30.6. The molecular weight excluding hydrogens is 587 g/mol. The molecule has 0 aromatic heterocycles. The summed E-state index contributed by atoms with van der Waals surface area (Å²) in [6.07, 6.45) is 2.65. The first-order valence-electron chi connectivity index (χ1n) is 14.8. The minimum absolute atomic E-state index is 0.0532. The predicted molar refractivity (Wildman–Crippen MR) is 166 cm³/mol. The molecule has 2 fully saturated rings. The molecule has 4 aliphatic rings. The quantitative estimate of drug-likeness (QED) is 0.405. The van der Waals surface area contributed by atoms with Gasteiger partial charge in [-0.05, 0) is 62.7 Å². The molecule has 2 aliphatic heterocycles. The average molecular weight is 630 g/mol. The van der Waals surface area contributed by atoms with E-state index in [9.17, 15) is 8.42 Å². The zero-order valence-corrected chi connectivity index (χ0v) is 28.2. The molecule has 1 saturated carbocycles. The number of hydrogen-bond donors (Lipinski definition) is 1. The highest BCUT2D eigenvalue weighted by Crippen LogP contribution is 2.56. The van der Waals surface area contributed by atoms with Gasteiger partial charge in [-0.3, -0.25) is 0 Å². The van der Waals surface area contributed by atoms with Gasteiger partial charge in [0.05, 0.1) is 24.2 Å². The van der Waals surface area contributed by atoms with E-state index in [1.165, 1.54) is 0 Å². The van der Waals surface area contributed by atoms with Crippen LogP contribution in [0.25, 0.3) is 6.08 Å². The van der Waals surface area contributed by atoms with Gasteiger partial charge in [0.15, 0.2) is 25.6 Å². The Balaban J connectivity index is 1.53. The summed E-state index contributed by atoms with van der Waals surface area (Å²) in [5, 5.41) is -0.0532. The molecule has 1 N–H and O–H groups in total. The third-order valence-electron chi connectivity index (χ3n) is 9.62. The molecule has 2 aromatic rings. The number of sulfonamides is 1. The normalized spacial score (nSPS) is 29.1. The van der Waals surface area contributed by atoms with E-state index in [2.05, 4.69) is 44.7 Å². The SMILES string of the molecule is COc1c2c(cc3c1OCO3)[C@H]1[C@@H](C=C2)[C@H](O[Si](C)(C)C(C)(C)C)[C@H]2OC(C)(C)O[C@H]2[C@@H]1NS(=O)(=O)c1ccc(C)cc1. The van der Waals surface area contributed by atoms with Crippen LogP contribution >= 0.6 is 0 Å². The van der Waals surface area contributed by atoms with Crippen molar-refractivity contribution in [3.05, 3.63) is 53.1 Å². The van der Waals surface area contributed by atoms with Crippen LogP contribution in [0.1, 0.15) is 57.2 Å². The standard InChI is InChI=1S/C32H43NO8SSi/c1-18-10-12-19(13-11-18)42(34,35)33-25-24-21(15-14-20-22(24)16-23-28(26(20)36-7)38-17-37-23)27(41-43(8,9)31(2,3)4)30-29(25)39-32(5,6)40-30/h10-16,21,24-25,27,29-30,33H,17H2,1-9H3/t21-,24-,25-,27+,29+,30-/m1/s1. The molecule has 1 saturated heterocycles. The second-order valence-electron chi connectivity index (χ2n) is 14.0. The van der Waals surface area contributed by atoms with E-state index in [-0.39, 0.29) is 34.7 Å². The molecule has 43 heavy (non-hydrogen) atoms. The molecule has 9 nitrogen and oxygen atoms in total. The van der Waals surface area contributed by atoms with Gasteiger partial charge in [0.25, 0.3) is 0 Å². The first-order chi connectivity index (χ1) is 20.0. The van der Waals surface area contributed by atoms with Crippen molar-refractivity contribution in [2.45, 2.75) is 101 Å². The molecule has 6 rings (SSSR count). The summed E-state index contributed by atoms with van der Waals surface area (Å²) in [5.74, 6) is 0.133. The highest BCUT2D eigenvalue weighted by atomic mass is 32.2. The molecule has 2 aliphatic carbocycles. The Hall–Kier alpha value is -2.41. The van der Waals surface area contributed by atoms with Gasteiger partial charge in [0.2, 0.25) is 22.6 Å². The van der Waals surface area contributed by atoms with Crippen LogP contribution in [0.15, 0.2) is 41.3 Å². The zero-order chi connectivity index (χ0) is 31.1. The number of ether oxygens (including phenoxy) is 5. The van der Waals surface area contributed by atoms with Crippen molar-refractivity contribution in [3.63, 3.8) is 0 Å². The Morgan fingerprint density at radius 3 is 2.37 bits per heavy atom. The molecule has 0 spiro atoms. The number of nitrogens with one attached hydrogen (secondary N) is 1. The third-order valence-corrected chi connectivity index (χ3v) is 15.6. The maximum atomic E-state index is 14.0. The summed E-state index contributed by atoms with van der Waals surface area (Å²) in [7, 11) is -4.64. The fourth-order valence-electron chi connectivity index (χ4n) is 6.52. The number of benzene rings is 2. The molecule has 0 unspecified atom stereocenters. The van der Waals surface area contributed by atoms with Crippen molar-refractivity contribution in [3.8, 4) is 17.2 Å². The molecule has 6 atom stereocenters. The third kappa shape index (κ3) is 5.21. The van der Waals surface area contributed by atoms with Gasteiger partial charge in [0.1, 0.15) is 12.2 Å². The Kier molecular flexibility index (Phi) is 7.34. The van der Waals surface area contributed by atoms with Gasteiger partial charge in [-0.1, -0.05) is 50.6 Å². The second kappa shape index (κ2) is 10.3. The lowest BCUT2D eigenvalue weighted by atomic mass is 9.65. The van der Waals surface area contributed by atoms with Crippen molar-refractivity contribution in [2.24, 2.45) is 5.92 Å². The van der Waals surface area contributed by atoms with E-state index >= 15 is 0 Å². The van der Waals surface area contributed by atoms with Gasteiger partial charge < -0.3 is 28.1 Å². The molecule has 0 radical (unpaired) electrons. The first-order valence-corrected chi connectivity index (χ1v) is 19.2. The second-order valence-corrected chi connectivity index (χ2v) is 20.4. The van der Waals surface area contributed by atoms with Gasteiger partial charge in [-0.15, -0.1) is 0 Å². The summed E-state index contributed by atoms with van der Waals surface area (Å²) in [5.41, 5.74) is 2.70. The smallest absolute Gasteiger partial charge is 0.240 e. The summed E-state index contributed by atoms with van der Waals surface area (Å²) in [4.78, 5) is 0.193. The van der Waals surface area contributed by atoms with E-state index in [0.29, 0.717) is 17.2 Å². The predicted octanol–water partition coefficient (Wildman–Crippen LogP) is 5.73. The number of methoxy groups -OCH3 is 1. The molecule has 2 heterocycles. The summed E-state index contributed by atoms with van der Waals surface area (Å²) in [6.45, 7) is 16.8. The van der Waals surface area contributed by atoms with Gasteiger partial charge in [-0.2, -0.15) is 0 Å². The summed E-state index contributed by atoms with van der Waals surface area (Å²) >= 11 is 0. The van der Waals surface area contributed by atoms with Crippen LogP contribution in [0.3, 0.4) is 0 Å². The number of fused-ring (bicyclic) bond motifs is 5. The van der Waals surface area contributed by atoms with Crippen molar-refractivity contribution >= 4 is 24.4 Å². The van der Waals surface area contributed by atoms with E-state index in [4.69, 9.17) is 28.1 Å². The largest absolute Gasteiger partial charge is 0.492 e. The number of hydrogen-bond acceptors (Lipinski definition) is 8. The monoisotopic (exact) mass is 629 g/mol. The molecule has 11 heteroatoms. The number of rotatable bonds is 6. The molecular formula is C32H43NO8SSi. The van der Waals surface area contributed by atoms with Crippen LogP contribution in [0.2, 0.25) is 18.1 Å². The lowest BCUT2D eigenvalue weighted by molar-refractivity contribution is -0.154. The maximum Gasteiger partial charge on any atom is 0.240 e. The van der Waals surface area contributed by atoms with E-state index < -0.39 is 42.4 Å². The van der Waals surface area contributed by atoms with Crippen LogP contribution < -0.4 is 18.9 Å². The lowest BCUT2D eigenvalue weighted by Gasteiger charge is -2.51. The van der Waals surface area contributed by atoms with E-state index in [0.717, 1.165) is 16.7 Å². The maximum absolute atomic E-state index is 14.0. The van der Waals surface area contributed by atoms with Crippen LogP contribution in [-0.2, 0) is 23.9 Å². The van der Waals surface area contributed by atoms with Crippen LogP contribution in [0.4, 0.5) is 0 Å². The van der Waals surface area contributed by atoms with Crippen molar-refractivity contribution in [1.29, 1.82) is 0 Å². The Morgan fingerprint density at radius 1 is 1.05 bits per heavy atom. The van der Waals surface area contributed by atoms with Gasteiger partial charge in [0, 0.05) is 17.4 Å². The van der Waals surface area contributed by atoms with Gasteiger partial charge in [-0.25, -0.2) is 13.1 Å². The van der Waals surface area contributed by atoms with Crippen molar-refractivity contribution in [1.82, 2.24) is 4.72 Å². The van der Waals surface area contributed by atoms with Crippen LogP contribution in [0.5, 0.6) is 17.2 Å². The summed E-state index contributed by atoms with van der Waals surface area (Å²) < 4.78 is 68.8. The Morgan fingerprint density at radius 2 is 1.72 bits per heavy atom. The average Bonchev–Trinajstić information content (AvgIpc) is 3.51. The highest BCUT2D eigenvalue weighted by Gasteiger charge is 2.61. The molecule has 0 amide bonds. The Bertz CT molecular complexity index is 1550. The van der Waals surface area contributed by atoms with E-state index in [1.807, 2.05) is 32.9 Å². The summed E-state index contributed by atoms with van der Waals surface area (Å²) in [6, 6.07) is 8.13. The van der Waals surface area contributed by atoms with Crippen LogP contribution in [0, 0.1) is 12.8 Å². The van der Waals surface area contributed by atoms with Crippen molar-refractivity contribution < 1.29 is 36.5 Å². The molecule has 234 valence electrons. The van der Waals surface area contributed by atoms with Gasteiger partial charge >= 0.3 is 0 Å². The number of aryl methyl sites for hydroxylation is 1. The molecule has 0 bridgehead atoms. The zero-order valence-electron chi connectivity index (χ0n) is 26.4. The van der Waals surface area contributed by atoms with E-state index in [1.54, 1.807) is 31.4 Å². The fraction of sp³-hybridized carbons (Fsp3) is 0.562. The lowest BCUT2D eigenvalue weighted by Crippen LogP contribution is -2.64. The van der Waals surface area contributed by atoms with Crippen molar-refractivity contribution in [2.75, 3.05) is 13.9 Å². The topological polar surface area (TPSA) is 102 Å². The minimum atomic E-state index is -3.94. The highest BCUT2D eigenvalue weighted by molar-refractivity contribution is 7.89. The molecule has 2 aromatic carbocycles.